The molecule has 266 valence electrons. The maximum absolute atomic E-state index is 6.68. The molecule has 0 N–H and O–H groups in total. The van der Waals surface area contributed by atoms with E-state index in [0.717, 1.165) is 71.1 Å². The van der Waals surface area contributed by atoms with Crippen LogP contribution in [0.15, 0.2) is 168 Å². The molecule has 0 saturated heterocycles. The number of furan rings is 1. The van der Waals surface area contributed by atoms with Gasteiger partial charge in [0, 0.05) is 63.3 Å². The van der Waals surface area contributed by atoms with Gasteiger partial charge in [0.15, 0.2) is 23.3 Å². The highest BCUT2D eigenvalue weighted by atomic mass is 32.1. The van der Waals surface area contributed by atoms with Crippen molar-refractivity contribution in [3.05, 3.63) is 164 Å². The van der Waals surface area contributed by atoms with Crippen molar-refractivity contribution >= 4 is 85.1 Å². The Hall–Kier alpha value is -7.13. The molecule has 5 aromatic heterocycles. The smallest absolute Gasteiger partial charge is 0.164 e. The van der Waals surface area contributed by atoms with Crippen LogP contribution in [0.2, 0.25) is 0 Å². The minimum Gasteiger partial charge on any atom is -0.455 e. The van der Waals surface area contributed by atoms with Crippen molar-refractivity contribution in [3.8, 4) is 56.8 Å². The number of thiophene rings is 2. The molecule has 0 aliphatic carbocycles. The SMILES string of the molecule is c1ccc(-c2nc(-c3ccc4c(c3)sc3ccccc34)nc(-c3ccc4oc5c(-c6nc(-c7ccccc7)c7sc8ccccc8c7n6)cccc5c4c3)n2)cc1. The van der Waals surface area contributed by atoms with E-state index >= 15 is 0 Å². The van der Waals surface area contributed by atoms with Gasteiger partial charge >= 0.3 is 0 Å². The Bertz CT molecular complexity index is 3540. The average Bonchev–Trinajstić information content (AvgIpc) is 3.97. The second-order valence-electron chi connectivity index (χ2n) is 14.0. The number of fused-ring (bicyclic) bond motifs is 9. The molecule has 8 heteroatoms. The minimum atomic E-state index is 0.591. The molecule has 0 amide bonds. The van der Waals surface area contributed by atoms with Crippen molar-refractivity contribution in [3.63, 3.8) is 0 Å². The summed E-state index contributed by atoms with van der Waals surface area (Å²) in [6.45, 7) is 0. The predicted molar refractivity (Wildman–Crippen MR) is 236 cm³/mol. The van der Waals surface area contributed by atoms with Crippen molar-refractivity contribution in [2.45, 2.75) is 0 Å². The monoisotopic (exact) mass is 765 g/mol. The molecule has 0 aliphatic heterocycles. The number of benzene rings is 7. The van der Waals surface area contributed by atoms with E-state index in [2.05, 4.69) is 109 Å². The maximum atomic E-state index is 6.68. The molecule has 0 bridgehead atoms. The zero-order valence-corrected chi connectivity index (χ0v) is 31.7. The van der Waals surface area contributed by atoms with Crippen molar-refractivity contribution in [1.29, 1.82) is 0 Å². The Morgan fingerprint density at radius 3 is 1.77 bits per heavy atom. The third-order valence-corrected chi connectivity index (χ3v) is 12.9. The van der Waals surface area contributed by atoms with Crippen LogP contribution in [0.25, 0.3) is 119 Å². The Morgan fingerprint density at radius 2 is 0.982 bits per heavy atom. The molecular weight excluding hydrogens is 739 g/mol. The molecule has 0 spiro atoms. The molecular formula is C49H27N5OS2. The summed E-state index contributed by atoms with van der Waals surface area (Å²) < 4.78 is 11.4. The molecule has 0 aliphatic rings. The highest BCUT2D eigenvalue weighted by Crippen LogP contribution is 2.42. The summed E-state index contributed by atoms with van der Waals surface area (Å²) >= 11 is 3.52. The third kappa shape index (κ3) is 5.26. The van der Waals surface area contributed by atoms with Crippen molar-refractivity contribution < 1.29 is 4.42 Å². The van der Waals surface area contributed by atoms with Crippen molar-refractivity contribution in [2.24, 2.45) is 0 Å². The summed E-state index contributed by atoms with van der Waals surface area (Å²) in [5, 5.41) is 5.55. The second-order valence-corrected chi connectivity index (χ2v) is 16.2. The van der Waals surface area contributed by atoms with E-state index in [4.69, 9.17) is 29.3 Å². The van der Waals surface area contributed by atoms with E-state index in [1.165, 1.54) is 24.9 Å². The van der Waals surface area contributed by atoms with Crippen LogP contribution in [0.3, 0.4) is 0 Å². The van der Waals surface area contributed by atoms with E-state index in [-0.39, 0.29) is 0 Å². The number of para-hydroxylation sites is 1. The lowest BCUT2D eigenvalue weighted by molar-refractivity contribution is 0.669. The standard InChI is InChI=1S/C49H27N5OS2/c1-3-12-28(13-4-1)42-45-43(35-17-8-10-21-40(35)57-45)51-49(50-42)36-19-11-18-34-37-26-30(23-25-38(37)55-44(34)36)47-52-46(29-14-5-2-6-15-29)53-48(54-47)31-22-24-33-32-16-7-9-20-39(32)56-41(33)27-31/h1-27H. The first kappa shape index (κ1) is 32.1. The topological polar surface area (TPSA) is 77.6 Å². The minimum absolute atomic E-state index is 0.591. The molecule has 5 heterocycles. The fourth-order valence-electron chi connectivity index (χ4n) is 7.83. The average molecular weight is 766 g/mol. The lowest BCUT2D eigenvalue weighted by Crippen LogP contribution is -2.00. The van der Waals surface area contributed by atoms with Crippen LogP contribution in [0.1, 0.15) is 0 Å². The summed E-state index contributed by atoms with van der Waals surface area (Å²) in [6.07, 6.45) is 0. The molecule has 0 fully saturated rings. The van der Waals surface area contributed by atoms with Gasteiger partial charge in [-0.15, -0.1) is 22.7 Å². The number of aromatic nitrogens is 5. The van der Waals surface area contributed by atoms with Crippen LogP contribution in [-0.2, 0) is 0 Å². The zero-order chi connectivity index (χ0) is 37.5. The highest BCUT2D eigenvalue weighted by Gasteiger charge is 2.21. The first-order valence-electron chi connectivity index (χ1n) is 18.7. The molecule has 12 aromatic rings. The van der Waals surface area contributed by atoms with Gasteiger partial charge in [-0.2, -0.15) is 0 Å². The maximum Gasteiger partial charge on any atom is 0.164 e. The summed E-state index contributed by atoms with van der Waals surface area (Å²) in [6, 6.07) is 56.3. The Labute approximate surface area is 333 Å². The number of nitrogens with zero attached hydrogens (tertiary/aromatic N) is 5. The van der Waals surface area contributed by atoms with Crippen molar-refractivity contribution in [1.82, 2.24) is 24.9 Å². The normalized spacial score (nSPS) is 11.9. The molecule has 0 unspecified atom stereocenters. The van der Waals surface area contributed by atoms with E-state index in [1.54, 1.807) is 22.7 Å². The largest absolute Gasteiger partial charge is 0.455 e. The van der Waals surface area contributed by atoms with E-state index in [0.29, 0.717) is 23.3 Å². The Balaban J connectivity index is 1.02. The number of hydrogen-bond acceptors (Lipinski definition) is 8. The lowest BCUT2D eigenvalue weighted by atomic mass is 10.1. The Morgan fingerprint density at radius 1 is 0.368 bits per heavy atom. The third-order valence-electron chi connectivity index (χ3n) is 10.6. The Kier molecular flexibility index (Phi) is 7.17. The highest BCUT2D eigenvalue weighted by molar-refractivity contribution is 7.26. The molecule has 6 nitrogen and oxygen atoms in total. The summed E-state index contributed by atoms with van der Waals surface area (Å²) in [4.78, 5) is 25.7. The van der Waals surface area contributed by atoms with Crippen LogP contribution >= 0.6 is 22.7 Å². The zero-order valence-electron chi connectivity index (χ0n) is 30.0. The van der Waals surface area contributed by atoms with Crippen LogP contribution in [-0.4, -0.2) is 24.9 Å². The summed E-state index contributed by atoms with van der Waals surface area (Å²) in [7, 11) is 0. The van der Waals surface area contributed by atoms with Gasteiger partial charge in [-0.1, -0.05) is 121 Å². The van der Waals surface area contributed by atoms with Crippen LogP contribution in [0, 0.1) is 0 Å². The van der Waals surface area contributed by atoms with Crippen LogP contribution in [0.5, 0.6) is 0 Å². The first-order chi connectivity index (χ1) is 28.2. The van der Waals surface area contributed by atoms with E-state index in [9.17, 15) is 0 Å². The van der Waals surface area contributed by atoms with Gasteiger partial charge < -0.3 is 4.42 Å². The van der Waals surface area contributed by atoms with Crippen LogP contribution in [0.4, 0.5) is 0 Å². The molecule has 12 rings (SSSR count). The number of hydrogen-bond donors (Lipinski definition) is 0. The van der Waals surface area contributed by atoms with Gasteiger partial charge in [-0.25, -0.2) is 24.9 Å². The molecule has 0 atom stereocenters. The fourth-order valence-corrected chi connectivity index (χ4v) is 10.1. The van der Waals surface area contributed by atoms with Gasteiger partial charge in [-0.05, 0) is 42.5 Å². The van der Waals surface area contributed by atoms with Crippen LogP contribution < -0.4 is 0 Å². The summed E-state index contributed by atoms with van der Waals surface area (Å²) in [5.74, 6) is 2.46. The second kappa shape index (κ2) is 12.7. The molecule has 57 heavy (non-hydrogen) atoms. The van der Waals surface area contributed by atoms with Gasteiger partial charge in [0.05, 0.1) is 21.5 Å². The van der Waals surface area contributed by atoms with E-state index in [1.807, 2.05) is 54.6 Å². The molecule has 7 aromatic carbocycles. The van der Waals surface area contributed by atoms with Crippen molar-refractivity contribution in [2.75, 3.05) is 0 Å². The molecule has 0 radical (unpaired) electrons. The van der Waals surface area contributed by atoms with E-state index < -0.39 is 0 Å². The fraction of sp³-hybridized carbons (Fsp3) is 0. The van der Waals surface area contributed by atoms with Gasteiger partial charge in [0.25, 0.3) is 0 Å². The predicted octanol–water partition coefficient (Wildman–Crippen LogP) is 13.6. The molecule has 0 saturated carbocycles. The number of rotatable bonds is 5. The van der Waals surface area contributed by atoms with Gasteiger partial charge in [-0.3, -0.25) is 0 Å². The van der Waals surface area contributed by atoms with Gasteiger partial charge in [0.2, 0.25) is 0 Å². The first-order valence-corrected chi connectivity index (χ1v) is 20.3. The van der Waals surface area contributed by atoms with Gasteiger partial charge in [0.1, 0.15) is 11.2 Å². The quantitative estimate of drug-likeness (QED) is 0.174. The summed E-state index contributed by atoms with van der Waals surface area (Å²) in [5.41, 5.74) is 7.99. The lowest BCUT2D eigenvalue weighted by Gasteiger charge is -2.09.